The minimum Gasteiger partial charge on any atom is -0.346 e. The summed E-state index contributed by atoms with van der Waals surface area (Å²) >= 11 is 0. The molecule has 6 nitrogen and oxygen atoms in total. The quantitative estimate of drug-likeness (QED) is 0.814. The molecule has 0 spiro atoms. The Morgan fingerprint density at radius 3 is 3.16 bits per heavy atom. The predicted molar refractivity (Wildman–Crippen MR) is 68.8 cm³/mol. The number of rotatable bonds is 2. The first-order valence-electron chi connectivity index (χ1n) is 6.64. The SMILES string of the molecule is O=C(NC1CC2CCC1N2)c1cn2cncc2cn1. The number of nitrogens with one attached hydrogen (secondary N) is 2. The van der Waals surface area contributed by atoms with E-state index in [-0.39, 0.29) is 11.9 Å². The van der Waals surface area contributed by atoms with Gasteiger partial charge in [0.2, 0.25) is 0 Å². The topological polar surface area (TPSA) is 71.3 Å². The second-order valence-corrected chi connectivity index (χ2v) is 5.36. The fraction of sp³-hybridized carbons (Fsp3) is 0.462. The van der Waals surface area contributed by atoms with Crippen LogP contribution in [-0.4, -0.2) is 38.4 Å². The fourth-order valence-corrected chi connectivity index (χ4v) is 3.17. The Labute approximate surface area is 110 Å². The number of carbonyl (C=O) groups excluding carboxylic acids is 1. The van der Waals surface area contributed by atoms with Crippen molar-refractivity contribution in [2.24, 2.45) is 0 Å². The van der Waals surface area contributed by atoms with E-state index < -0.39 is 0 Å². The highest BCUT2D eigenvalue weighted by Crippen LogP contribution is 2.28. The van der Waals surface area contributed by atoms with E-state index in [9.17, 15) is 4.79 Å². The van der Waals surface area contributed by atoms with Gasteiger partial charge < -0.3 is 15.0 Å². The van der Waals surface area contributed by atoms with Gasteiger partial charge in [-0.05, 0) is 19.3 Å². The zero-order valence-electron chi connectivity index (χ0n) is 10.4. The first-order valence-corrected chi connectivity index (χ1v) is 6.64. The zero-order valence-corrected chi connectivity index (χ0v) is 10.4. The molecule has 19 heavy (non-hydrogen) atoms. The van der Waals surface area contributed by atoms with Gasteiger partial charge in [-0.3, -0.25) is 4.79 Å². The van der Waals surface area contributed by atoms with E-state index in [0.29, 0.717) is 17.8 Å². The minimum atomic E-state index is -0.102. The second kappa shape index (κ2) is 4.03. The number of fused-ring (bicyclic) bond motifs is 3. The highest BCUT2D eigenvalue weighted by molar-refractivity contribution is 5.92. The molecule has 1 amide bonds. The van der Waals surface area contributed by atoms with E-state index in [2.05, 4.69) is 20.6 Å². The van der Waals surface area contributed by atoms with Crippen molar-refractivity contribution in [1.82, 2.24) is 25.0 Å². The number of hydrogen-bond acceptors (Lipinski definition) is 4. The summed E-state index contributed by atoms with van der Waals surface area (Å²) in [5.74, 6) is -0.102. The van der Waals surface area contributed by atoms with Crippen LogP contribution in [-0.2, 0) is 0 Å². The molecule has 0 radical (unpaired) electrons. The molecule has 3 unspecified atom stereocenters. The Balaban J connectivity index is 1.53. The molecule has 0 aromatic carbocycles. The molecule has 0 aliphatic carbocycles. The molecule has 3 atom stereocenters. The highest BCUT2D eigenvalue weighted by atomic mass is 16.2. The molecule has 2 bridgehead atoms. The van der Waals surface area contributed by atoms with E-state index in [0.717, 1.165) is 18.4 Å². The Bertz CT molecular complexity index is 637. The number of aromatic nitrogens is 3. The Kier molecular flexibility index (Phi) is 2.32. The van der Waals surface area contributed by atoms with Gasteiger partial charge >= 0.3 is 0 Å². The van der Waals surface area contributed by atoms with Crippen LogP contribution in [0.5, 0.6) is 0 Å². The van der Waals surface area contributed by atoms with Crippen LogP contribution in [0.1, 0.15) is 29.8 Å². The summed E-state index contributed by atoms with van der Waals surface area (Å²) < 4.78 is 1.81. The second-order valence-electron chi connectivity index (χ2n) is 5.36. The van der Waals surface area contributed by atoms with Crippen molar-refractivity contribution in [3.8, 4) is 0 Å². The largest absolute Gasteiger partial charge is 0.346 e. The number of nitrogens with zero attached hydrogens (tertiary/aromatic N) is 3. The Morgan fingerprint density at radius 1 is 1.42 bits per heavy atom. The van der Waals surface area contributed by atoms with Crippen molar-refractivity contribution < 1.29 is 4.79 Å². The summed E-state index contributed by atoms with van der Waals surface area (Å²) in [6, 6.07) is 1.26. The van der Waals surface area contributed by atoms with Gasteiger partial charge in [-0.15, -0.1) is 0 Å². The molecule has 98 valence electrons. The third kappa shape index (κ3) is 1.79. The molecule has 2 N–H and O–H groups in total. The van der Waals surface area contributed by atoms with E-state index in [4.69, 9.17) is 0 Å². The van der Waals surface area contributed by atoms with Crippen LogP contribution in [0, 0.1) is 0 Å². The predicted octanol–water partition coefficient (Wildman–Crippen LogP) is 0.352. The van der Waals surface area contributed by atoms with Crippen LogP contribution in [0.15, 0.2) is 24.9 Å². The van der Waals surface area contributed by atoms with E-state index in [1.54, 1.807) is 29.3 Å². The molecule has 4 heterocycles. The van der Waals surface area contributed by atoms with Crippen LogP contribution in [0.4, 0.5) is 0 Å². The maximum atomic E-state index is 12.2. The van der Waals surface area contributed by atoms with Crippen LogP contribution in [0.3, 0.4) is 0 Å². The van der Waals surface area contributed by atoms with Crippen molar-refractivity contribution in [1.29, 1.82) is 0 Å². The highest BCUT2D eigenvalue weighted by Gasteiger charge is 2.39. The van der Waals surface area contributed by atoms with Crippen LogP contribution >= 0.6 is 0 Å². The van der Waals surface area contributed by atoms with Crippen LogP contribution in [0.25, 0.3) is 5.52 Å². The summed E-state index contributed by atoms with van der Waals surface area (Å²) in [6.07, 6.45) is 10.2. The molecule has 0 saturated carbocycles. The van der Waals surface area contributed by atoms with Gasteiger partial charge in [0.1, 0.15) is 5.69 Å². The fourth-order valence-electron chi connectivity index (χ4n) is 3.17. The average molecular weight is 257 g/mol. The number of amides is 1. The lowest BCUT2D eigenvalue weighted by Gasteiger charge is -2.21. The lowest BCUT2D eigenvalue weighted by atomic mass is 9.95. The van der Waals surface area contributed by atoms with Gasteiger partial charge in [-0.1, -0.05) is 0 Å². The zero-order chi connectivity index (χ0) is 12.8. The maximum absolute atomic E-state index is 12.2. The monoisotopic (exact) mass is 257 g/mol. The van der Waals surface area contributed by atoms with Crippen molar-refractivity contribution in [2.45, 2.75) is 37.4 Å². The molecule has 2 aliphatic heterocycles. The summed E-state index contributed by atoms with van der Waals surface area (Å²) in [7, 11) is 0. The van der Waals surface area contributed by atoms with Gasteiger partial charge in [0.15, 0.2) is 0 Å². The van der Waals surface area contributed by atoms with Crippen molar-refractivity contribution in [2.75, 3.05) is 0 Å². The number of carbonyl (C=O) groups is 1. The van der Waals surface area contributed by atoms with Crippen molar-refractivity contribution in [3.05, 3.63) is 30.6 Å². The number of imidazole rings is 1. The number of hydrogen-bond donors (Lipinski definition) is 2. The third-order valence-corrected chi connectivity index (χ3v) is 4.14. The van der Waals surface area contributed by atoms with Gasteiger partial charge in [0.25, 0.3) is 5.91 Å². The normalized spacial score (nSPS) is 28.9. The van der Waals surface area contributed by atoms with Gasteiger partial charge in [0.05, 0.1) is 24.2 Å². The third-order valence-electron chi connectivity index (χ3n) is 4.14. The molecule has 2 aromatic heterocycles. The van der Waals surface area contributed by atoms with Crippen LogP contribution in [0.2, 0.25) is 0 Å². The van der Waals surface area contributed by atoms with Crippen molar-refractivity contribution in [3.63, 3.8) is 0 Å². The summed E-state index contributed by atoms with van der Waals surface area (Å²) in [5.41, 5.74) is 1.33. The van der Waals surface area contributed by atoms with E-state index >= 15 is 0 Å². The molecule has 2 fully saturated rings. The van der Waals surface area contributed by atoms with Crippen molar-refractivity contribution >= 4 is 11.4 Å². The van der Waals surface area contributed by atoms with Gasteiger partial charge in [-0.25, -0.2) is 9.97 Å². The molecule has 2 aliphatic rings. The lowest BCUT2D eigenvalue weighted by Crippen LogP contribution is -2.43. The summed E-state index contributed by atoms with van der Waals surface area (Å²) in [4.78, 5) is 20.4. The molecule has 4 rings (SSSR count). The lowest BCUT2D eigenvalue weighted by molar-refractivity contribution is 0.0925. The molecule has 6 heteroatoms. The Morgan fingerprint density at radius 2 is 2.37 bits per heavy atom. The Hall–Kier alpha value is -1.95. The minimum absolute atomic E-state index is 0.102. The summed E-state index contributed by atoms with van der Waals surface area (Å²) in [6.45, 7) is 0. The smallest absolute Gasteiger partial charge is 0.271 e. The average Bonchev–Trinajstić information content (AvgIpc) is 3.13. The molecule has 2 saturated heterocycles. The molecule has 2 aromatic rings. The molecular weight excluding hydrogens is 242 g/mol. The first kappa shape index (κ1) is 10.9. The maximum Gasteiger partial charge on any atom is 0.271 e. The first-order chi connectivity index (χ1) is 9.29. The molecular formula is C13H15N5O. The van der Waals surface area contributed by atoms with E-state index in [1.807, 2.05) is 0 Å². The van der Waals surface area contributed by atoms with Gasteiger partial charge in [0, 0.05) is 24.3 Å². The summed E-state index contributed by atoms with van der Waals surface area (Å²) in [5, 5.41) is 6.60. The van der Waals surface area contributed by atoms with Gasteiger partial charge in [-0.2, -0.15) is 0 Å². The standard InChI is InChI=1S/C13H15N5O/c19-13(17-11-3-8-1-2-10(11)16-8)12-6-18-7-14-4-9(18)5-15-12/h4-8,10-11,16H,1-3H2,(H,17,19). The van der Waals surface area contributed by atoms with E-state index in [1.165, 1.54) is 6.42 Å². The van der Waals surface area contributed by atoms with Crippen LogP contribution < -0.4 is 10.6 Å².